The van der Waals surface area contributed by atoms with Crippen LogP contribution in [0.3, 0.4) is 0 Å². The van der Waals surface area contributed by atoms with E-state index in [0.29, 0.717) is 23.9 Å². The molecule has 2 nitrogen and oxygen atoms in total. The molecule has 0 radical (unpaired) electrons. The number of nitrogens with one attached hydrogen (secondary N) is 1. The van der Waals surface area contributed by atoms with Crippen LogP contribution < -0.4 is 5.32 Å². The zero-order chi connectivity index (χ0) is 14.4. The quantitative estimate of drug-likeness (QED) is 0.890. The molecule has 3 heteroatoms. The number of carbonyl (C=O) groups excluding carboxylic acids is 1. The van der Waals surface area contributed by atoms with Crippen molar-refractivity contribution in [2.75, 3.05) is 6.54 Å². The molecule has 1 N–H and O–H groups in total. The van der Waals surface area contributed by atoms with E-state index in [9.17, 15) is 4.79 Å². The van der Waals surface area contributed by atoms with E-state index >= 15 is 0 Å². The van der Waals surface area contributed by atoms with E-state index in [-0.39, 0.29) is 5.91 Å². The van der Waals surface area contributed by atoms with Crippen molar-refractivity contribution in [3.8, 4) is 0 Å². The number of carbonyl (C=O) groups is 1. The number of hydrogen-bond donors (Lipinski definition) is 1. The first-order valence-electron chi connectivity index (χ1n) is 6.71. The fourth-order valence-electron chi connectivity index (χ4n) is 2.06. The van der Waals surface area contributed by atoms with Gasteiger partial charge in [0.25, 0.3) is 0 Å². The van der Waals surface area contributed by atoms with Gasteiger partial charge in [-0.25, -0.2) is 0 Å². The van der Waals surface area contributed by atoms with E-state index < -0.39 is 0 Å². The van der Waals surface area contributed by atoms with Crippen LogP contribution in [-0.4, -0.2) is 12.5 Å². The van der Waals surface area contributed by atoms with Crippen LogP contribution in [0, 0.1) is 0 Å². The molecule has 0 saturated heterocycles. The van der Waals surface area contributed by atoms with Gasteiger partial charge in [-0.05, 0) is 29.2 Å². The lowest BCUT2D eigenvalue weighted by molar-refractivity contribution is -0.120. The van der Waals surface area contributed by atoms with Crippen LogP contribution in [0.2, 0.25) is 5.02 Å². The second-order valence-electron chi connectivity index (χ2n) is 4.92. The number of benzene rings is 2. The van der Waals surface area contributed by atoms with Crippen LogP contribution in [0.25, 0.3) is 0 Å². The second kappa shape index (κ2) is 7.11. The summed E-state index contributed by atoms with van der Waals surface area (Å²) in [5, 5.41) is 3.63. The molecule has 0 fully saturated rings. The Kier molecular flexibility index (Phi) is 5.19. The van der Waals surface area contributed by atoms with Crippen molar-refractivity contribution in [2.24, 2.45) is 0 Å². The van der Waals surface area contributed by atoms with Crippen LogP contribution in [0.5, 0.6) is 0 Å². The number of hydrogen-bond acceptors (Lipinski definition) is 1. The summed E-state index contributed by atoms with van der Waals surface area (Å²) in [6.07, 6.45) is 0.363. The van der Waals surface area contributed by atoms with E-state index in [1.54, 1.807) is 6.07 Å². The maximum absolute atomic E-state index is 11.9. The predicted octanol–water partition coefficient (Wildman–Crippen LogP) is 3.80. The van der Waals surface area contributed by atoms with Crippen molar-refractivity contribution < 1.29 is 4.79 Å². The van der Waals surface area contributed by atoms with Gasteiger partial charge in [-0.1, -0.05) is 61.0 Å². The van der Waals surface area contributed by atoms with Crippen LogP contribution >= 0.6 is 11.6 Å². The summed E-state index contributed by atoms with van der Waals surface area (Å²) >= 11 is 5.90. The summed E-state index contributed by atoms with van der Waals surface area (Å²) in [6, 6.07) is 17.6. The zero-order valence-corrected chi connectivity index (χ0v) is 12.2. The molecule has 0 aliphatic rings. The fraction of sp³-hybridized carbons (Fsp3) is 0.235. The van der Waals surface area contributed by atoms with Gasteiger partial charge in [0.15, 0.2) is 0 Å². The van der Waals surface area contributed by atoms with Gasteiger partial charge in [-0.3, -0.25) is 4.79 Å². The SMILES string of the molecule is CC(CNC(=O)Cc1cccc(Cl)c1)c1ccccc1. The third-order valence-electron chi connectivity index (χ3n) is 3.23. The van der Waals surface area contributed by atoms with Crippen LogP contribution in [-0.2, 0) is 11.2 Å². The van der Waals surface area contributed by atoms with E-state index in [0.717, 1.165) is 5.56 Å². The Balaban J connectivity index is 1.83. The molecular formula is C17H18ClNO. The lowest BCUT2D eigenvalue weighted by Gasteiger charge is -2.13. The third kappa shape index (κ3) is 4.39. The highest BCUT2D eigenvalue weighted by Gasteiger charge is 2.08. The van der Waals surface area contributed by atoms with Crippen molar-refractivity contribution in [3.05, 3.63) is 70.7 Å². The molecule has 0 aromatic heterocycles. The third-order valence-corrected chi connectivity index (χ3v) is 3.46. The Morgan fingerprint density at radius 1 is 1.15 bits per heavy atom. The normalized spacial score (nSPS) is 11.9. The molecule has 1 atom stereocenters. The summed E-state index contributed by atoms with van der Waals surface area (Å²) in [5.74, 6) is 0.328. The lowest BCUT2D eigenvalue weighted by Crippen LogP contribution is -2.28. The molecule has 1 amide bonds. The van der Waals surface area contributed by atoms with Crippen LogP contribution in [0.15, 0.2) is 54.6 Å². The summed E-state index contributed by atoms with van der Waals surface area (Å²) in [5.41, 5.74) is 2.16. The second-order valence-corrected chi connectivity index (χ2v) is 5.36. The largest absolute Gasteiger partial charge is 0.355 e. The van der Waals surface area contributed by atoms with Gasteiger partial charge in [0.05, 0.1) is 6.42 Å². The molecule has 2 aromatic rings. The molecule has 0 aliphatic carbocycles. The van der Waals surface area contributed by atoms with Gasteiger partial charge in [0.1, 0.15) is 0 Å². The summed E-state index contributed by atoms with van der Waals surface area (Å²) in [7, 11) is 0. The van der Waals surface area contributed by atoms with E-state index in [1.807, 2.05) is 36.4 Å². The molecule has 2 aromatic carbocycles. The average molecular weight is 288 g/mol. The highest BCUT2D eigenvalue weighted by atomic mass is 35.5. The van der Waals surface area contributed by atoms with Gasteiger partial charge >= 0.3 is 0 Å². The van der Waals surface area contributed by atoms with Crippen molar-refractivity contribution in [1.82, 2.24) is 5.32 Å². The smallest absolute Gasteiger partial charge is 0.224 e. The zero-order valence-electron chi connectivity index (χ0n) is 11.5. The van der Waals surface area contributed by atoms with Gasteiger partial charge in [0.2, 0.25) is 5.91 Å². The van der Waals surface area contributed by atoms with Gasteiger partial charge in [0, 0.05) is 11.6 Å². The molecule has 104 valence electrons. The van der Waals surface area contributed by atoms with Crippen molar-refractivity contribution >= 4 is 17.5 Å². The van der Waals surface area contributed by atoms with Crippen molar-refractivity contribution in [2.45, 2.75) is 19.3 Å². The highest BCUT2D eigenvalue weighted by molar-refractivity contribution is 6.30. The molecule has 0 saturated carbocycles. The Labute approximate surface area is 124 Å². The predicted molar refractivity (Wildman–Crippen MR) is 83.0 cm³/mol. The molecular weight excluding hydrogens is 270 g/mol. The maximum Gasteiger partial charge on any atom is 0.224 e. The van der Waals surface area contributed by atoms with Gasteiger partial charge < -0.3 is 5.32 Å². The Morgan fingerprint density at radius 3 is 2.60 bits per heavy atom. The van der Waals surface area contributed by atoms with Crippen molar-refractivity contribution in [1.29, 1.82) is 0 Å². The van der Waals surface area contributed by atoms with Crippen LogP contribution in [0.1, 0.15) is 24.0 Å². The van der Waals surface area contributed by atoms with E-state index in [4.69, 9.17) is 11.6 Å². The van der Waals surface area contributed by atoms with Crippen molar-refractivity contribution in [3.63, 3.8) is 0 Å². The molecule has 1 unspecified atom stereocenters. The summed E-state index contributed by atoms with van der Waals surface area (Å²) < 4.78 is 0. The molecule has 0 bridgehead atoms. The standard InChI is InChI=1S/C17H18ClNO/c1-13(15-7-3-2-4-8-15)12-19-17(20)11-14-6-5-9-16(18)10-14/h2-10,13H,11-12H2,1H3,(H,19,20). The maximum atomic E-state index is 11.9. The Hall–Kier alpha value is -1.80. The van der Waals surface area contributed by atoms with E-state index in [2.05, 4.69) is 24.4 Å². The topological polar surface area (TPSA) is 29.1 Å². The van der Waals surface area contributed by atoms with Gasteiger partial charge in [-0.2, -0.15) is 0 Å². The minimum Gasteiger partial charge on any atom is -0.355 e. The summed E-state index contributed by atoms with van der Waals surface area (Å²) in [4.78, 5) is 11.9. The molecule has 2 rings (SSSR count). The number of amides is 1. The lowest BCUT2D eigenvalue weighted by atomic mass is 10.0. The summed E-state index contributed by atoms with van der Waals surface area (Å²) in [6.45, 7) is 2.75. The number of halogens is 1. The average Bonchev–Trinajstić information content (AvgIpc) is 2.46. The van der Waals surface area contributed by atoms with E-state index in [1.165, 1.54) is 5.56 Å². The first kappa shape index (κ1) is 14.6. The Morgan fingerprint density at radius 2 is 1.90 bits per heavy atom. The molecule has 0 spiro atoms. The first-order valence-corrected chi connectivity index (χ1v) is 7.09. The monoisotopic (exact) mass is 287 g/mol. The molecule has 0 heterocycles. The molecule has 0 aliphatic heterocycles. The minimum atomic E-state index is 0.0232. The highest BCUT2D eigenvalue weighted by Crippen LogP contribution is 2.14. The van der Waals surface area contributed by atoms with Crippen LogP contribution in [0.4, 0.5) is 0 Å². The number of rotatable bonds is 5. The first-order chi connectivity index (χ1) is 9.65. The Bertz CT molecular complexity index is 568. The fourth-order valence-corrected chi connectivity index (χ4v) is 2.27. The van der Waals surface area contributed by atoms with Gasteiger partial charge in [-0.15, -0.1) is 0 Å². The minimum absolute atomic E-state index is 0.0232. The molecule has 20 heavy (non-hydrogen) atoms.